The first-order valence-electron chi connectivity index (χ1n) is 9.29. The van der Waals surface area contributed by atoms with Gasteiger partial charge in [0.25, 0.3) is 0 Å². The number of nitrogens with one attached hydrogen (secondary N) is 2. The van der Waals surface area contributed by atoms with Gasteiger partial charge >= 0.3 is 0 Å². The third kappa shape index (κ3) is 4.87. The molecule has 0 saturated heterocycles. The van der Waals surface area contributed by atoms with Crippen molar-refractivity contribution < 1.29 is 14.3 Å². The average molecular weight is 411 g/mol. The van der Waals surface area contributed by atoms with Crippen LogP contribution in [0.5, 0.6) is 5.75 Å². The lowest BCUT2D eigenvalue weighted by Crippen LogP contribution is -2.35. The number of hydrogen-bond acceptors (Lipinski definition) is 3. The minimum absolute atomic E-state index is 0.111. The van der Waals surface area contributed by atoms with E-state index in [-0.39, 0.29) is 24.3 Å². The summed E-state index contributed by atoms with van der Waals surface area (Å²) in [7, 11) is 1.63. The van der Waals surface area contributed by atoms with E-state index in [1.807, 2.05) is 50.2 Å². The molecule has 1 unspecified atom stereocenters. The van der Waals surface area contributed by atoms with Crippen LogP contribution in [0.3, 0.4) is 0 Å². The van der Waals surface area contributed by atoms with Gasteiger partial charge in [-0.15, -0.1) is 0 Å². The number of rotatable bonds is 6. The zero-order valence-electron chi connectivity index (χ0n) is 16.6. The van der Waals surface area contributed by atoms with Crippen LogP contribution in [0, 0.1) is 6.92 Å². The zero-order chi connectivity index (χ0) is 21.0. The number of fused-ring (bicyclic) bond motifs is 1. The van der Waals surface area contributed by atoms with Gasteiger partial charge in [-0.05, 0) is 60.0 Å². The minimum atomic E-state index is -0.387. The topological polar surface area (TPSA) is 67.4 Å². The molecule has 0 radical (unpaired) electrons. The molecule has 0 spiro atoms. The lowest BCUT2D eigenvalue weighted by Gasteiger charge is -2.14. The Kier molecular flexibility index (Phi) is 6.39. The van der Waals surface area contributed by atoms with E-state index >= 15 is 0 Å². The van der Waals surface area contributed by atoms with Crippen molar-refractivity contribution in [2.45, 2.75) is 19.8 Å². The van der Waals surface area contributed by atoms with Crippen LogP contribution in [0.15, 0.2) is 54.6 Å². The van der Waals surface area contributed by atoms with Gasteiger partial charge < -0.3 is 15.4 Å². The summed E-state index contributed by atoms with van der Waals surface area (Å²) in [5, 5.41) is 8.11. The second-order valence-corrected chi connectivity index (χ2v) is 7.28. The van der Waals surface area contributed by atoms with E-state index in [1.165, 1.54) is 0 Å². The van der Waals surface area contributed by atoms with E-state index in [4.69, 9.17) is 16.3 Å². The van der Waals surface area contributed by atoms with Crippen molar-refractivity contribution in [3.8, 4) is 5.75 Å². The first kappa shape index (κ1) is 20.7. The molecule has 0 heterocycles. The molecule has 29 heavy (non-hydrogen) atoms. The zero-order valence-corrected chi connectivity index (χ0v) is 17.3. The maximum Gasteiger partial charge on any atom is 0.243 e. The molecule has 0 aliphatic heterocycles. The molecule has 5 nitrogen and oxygen atoms in total. The fraction of sp³-hybridized carbons (Fsp3) is 0.217. The largest absolute Gasteiger partial charge is 0.497 e. The maximum atomic E-state index is 12.5. The number of ether oxygens (including phenoxy) is 1. The van der Waals surface area contributed by atoms with E-state index in [2.05, 4.69) is 10.6 Å². The summed E-state index contributed by atoms with van der Waals surface area (Å²) in [6.45, 7) is 3.53. The molecule has 0 saturated carbocycles. The van der Waals surface area contributed by atoms with E-state index < -0.39 is 0 Å². The van der Waals surface area contributed by atoms with Crippen LogP contribution >= 0.6 is 11.6 Å². The van der Waals surface area contributed by atoms with Gasteiger partial charge in [-0.25, -0.2) is 0 Å². The van der Waals surface area contributed by atoms with Gasteiger partial charge in [0.1, 0.15) is 5.75 Å². The number of hydrogen-bond donors (Lipinski definition) is 2. The SMILES string of the molecule is COc1ccc2cc(C(C)C(=O)NCC(=O)Nc3cccc(Cl)c3C)ccc2c1. The van der Waals surface area contributed by atoms with E-state index in [9.17, 15) is 9.59 Å². The number of anilines is 1. The van der Waals surface area contributed by atoms with Crippen molar-refractivity contribution in [3.63, 3.8) is 0 Å². The molecule has 0 aliphatic carbocycles. The minimum Gasteiger partial charge on any atom is -0.497 e. The van der Waals surface area contributed by atoms with Crippen LogP contribution in [0.25, 0.3) is 10.8 Å². The van der Waals surface area contributed by atoms with Crippen LogP contribution in [0.2, 0.25) is 5.02 Å². The molecule has 0 aromatic heterocycles. The molecule has 2 amide bonds. The van der Waals surface area contributed by atoms with Crippen LogP contribution < -0.4 is 15.4 Å². The number of carbonyl (C=O) groups is 2. The van der Waals surface area contributed by atoms with Gasteiger partial charge in [-0.2, -0.15) is 0 Å². The first-order chi connectivity index (χ1) is 13.9. The second-order valence-electron chi connectivity index (χ2n) is 6.87. The lowest BCUT2D eigenvalue weighted by molar-refractivity contribution is -0.125. The average Bonchev–Trinajstić information content (AvgIpc) is 2.74. The number of methoxy groups -OCH3 is 1. The summed E-state index contributed by atoms with van der Waals surface area (Å²) < 4.78 is 5.24. The highest BCUT2D eigenvalue weighted by Crippen LogP contribution is 2.25. The molecule has 150 valence electrons. The van der Waals surface area contributed by atoms with Gasteiger partial charge in [0.15, 0.2) is 0 Å². The van der Waals surface area contributed by atoms with E-state index in [1.54, 1.807) is 25.3 Å². The normalized spacial score (nSPS) is 11.7. The Morgan fingerprint density at radius 3 is 2.55 bits per heavy atom. The monoisotopic (exact) mass is 410 g/mol. The van der Waals surface area contributed by atoms with Crippen LogP contribution in [-0.4, -0.2) is 25.5 Å². The van der Waals surface area contributed by atoms with Crippen LogP contribution in [0.4, 0.5) is 5.69 Å². The third-order valence-corrected chi connectivity index (χ3v) is 5.34. The molecule has 1 atom stereocenters. The van der Waals surface area contributed by atoms with Crippen molar-refractivity contribution in [1.82, 2.24) is 5.32 Å². The number of halogens is 1. The quantitative estimate of drug-likeness (QED) is 0.620. The molecule has 0 fully saturated rings. The van der Waals surface area contributed by atoms with Crippen LogP contribution in [-0.2, 0) is 9.59 Å². The van der Waals surface area contributed by atoms with Gasteiger partial charge in [0, 0.05) is 10.7 Å². The Balaban J connectivity index is 1.62. The smallest absolute Gasteiger partial charge is 0.243 e. The standard InChI is InChI=1S/C23H23ClN2O3/c1-14(16-7-8-18-12-19(29-3)10-9-17(18)11-16)23(28)25-13-22(27)26-21-6-4-5-20(24)15(21)2/h4-12,14H,13H2,1-3H3,(H,25,28)(H,26,27). The van der Waals surface area contributed by atoms with Crippen molar-refractivity contribution in [3.05, 3.63) is 70.7 Å². The maximum absolute atomic E-state index is 12.5. The molecular weight excluding hydrogens is 388 g/mol. The first-order valence-corrected chi connectivity index (χ1v) is 9.67. The van der Waals surface area contributed by atoms with Crippen molar-refractivity contribution in [2.75, 3.05) is 19.0 Å². The second kappa shape index (κ2) is 8.97. The molecule has 3 rings (SSSR count). The molecular formula is C23H23ClN2O3. The summed E-state index contributed by atoms with van der Waals surface area (Å²) >= 11 is 6.06. The Labute approximate surface area is 175 Å². The van der Waals surface area contributed by atoms with Gasteiger partial charge in [0.05, 0.1) is 19.6 Å². The van der Waals surface area contributed by atoms with Gasteiger partial charge in [0.2, 0.25) is 11.8 Å². The summed E-state index contributed by atoms with van der Waals surface area (Å²) in [4.78, 5) is 24.7. The lowest BCUT2D eigenvalue weighted by atomic mass is 9.97. The fourth-order valence-electron chi connectivity index (χ4n) is 3.05. The van der Waals surface area contributed by atoms with Crippen molar-refractivity contribution in [1.29, 1.82) is 0 Å². The highest BCUT2D eigenvalue weighted by atomic mass is 35.5. The molecule has 3 aromatic rings. The summed E-state index contributed by atoms with van der Waals surface area (Å²) in [6, 6.07) is 17.0. The number of amides is 2. The predicted molar refractivity (Wildman–Crippen MR) is 117 cm³/mol. The summed E-state index contributed by atoms with van der Waals surface area (Å²) in [5.74, 6) is -0.114. The van der Waals surface area contributed by atoms with Crippen LogP contribution in [0.1, 0.15) is 24.0 Å². The molecule has 3 aromatic carbocycles. The Morgan fingerprint density at radius 2 is 1.79 bits per heavy atom. The Bertz CT molecular complexity index is 1070. The summed E-state index contributed by atoms with van der Waals surface area (Å²) in [6.07, 6.45) is 0. The molecule has 6 heteroatoms. The number of carbonyl (C=O) groups excluding carboxylic acids is 2. The van der Waals surface area contributed by atoms with E-state index in [0.29, 0.717) is 10.7 Å². The fourth-order valence-corrected chi connectivity index (χ4v) is 3.22. The predicted octanol–water partition coefficient (Wildman–Crippen LogP) is 4.67. The highest BCUT2D eigenvalue weighted by Gasteiger charge is 2.17. The Hall–Kier alpha value is -3.05. The summed E-state index contributed by atoms with van der Waals surface area (Å²) in [5.41, 5.74) is 2.30. The van der Waals surface area contributed by atoms with Gasteiger partial charge in [-0.3, -0.25) is 9.59 Å². The Morgan fingerprint density at radius 1 is 1.07 bits per heavy atom. The van der Waals surface area contributed by atoms with Crippen molar-refractivity contribution >= 4 is 39.9 Å². The molecule has 2 N–H and O–H groups in total. The highest BCUT2D eigenvalue weighted by molar-refractivity contribution is 6.31. The van der Waals surface area contributed by atoms with Gasteiger partial charge in [-0.1, -0.05) is 41.9 Å². The van der Waals surface area contributed by atoms with E-state index in [0.717, 1.165) is 27.6 Å². The van der Waals surface area contributed by atoms with Crippen molar-refractivity contribution in [2.24, 2.45) is 0 Å². The third-order valence-electron chi connectivity index (χ3n) is 4.93. The number of benzene rings is 3. The molecule has 0 bridgehead atoms. The molecule has 0 aliphatic rings.